The second kappa shape index (κ2) is 9.05. The summed E-state index contributed by atoms with van der Waals surface area (Å²) in [4.78, 5) is 30.0. The molecule has 8 nitrogen and oxygen atoms in total. The Hall–Kier alpha value is -4.30. The van der Waals surface area contributed by atoms with E-state index in [1.54, 1.807) is 4.57 Å². The highest BCUT2D eigenvalue weighted by molar-refractivity contribution is 5.92. The number of fused-ring (bicyclic) bond motifs is 2. The Morgan fingerprint density at radius 3 is 2.53 bits per heavy atom. The number of likely N-dealkylation sites (N-methyl/N-ethyl adjacent to an activating group) is 1. The van der Waals surface area contributed by atoms with Gasteiger partial charge in [-0.3, -0.25) is 9.36 Å². The molecule has 6 rings (SSSR count). The van der Waals surface area contributed by atoms with Gasteiger partial charge in [0.25, 0.3) is 5.56 Å². The Bertz CT molecular complexity index is 1630. The van der Waals surface area contributed by atoms with Gasteiger partial charge in [0.15, 0.2) is 11.3 Å². The molecule has 180 valence electrons. The number of benzene rings is 3. The minimum absolute atomic E-state index is 0.0936. The molecular formula is C28H26N6O2. The second-order valence-corrected chi connectivity index (χ2v) is 9.12. The van der Waals surface area contributed by atoms with Gasteiger partial charge < -0.3 is 15.4 Å². The van der Waals surface area contributed by atoms with Crippen molar-refractivity contribution < 1.29 is 4.74 Å². The van der Waals surface area contributed by atoms with Gasteiger partial charge in [-0.25, -0.2) is 4.98 Å². The Balaban J connectivity index is 1.57. The van der Waals surface area contributed by atoms with E-state index in [1.807, 2.05) is 72.8 Å². The van der Waals surface area contributed by atoms with Crippen molar-refractivity contribution in [1.82, 2.24) is 24.4 Å². The number of nitrogens with zero attached hydrogens (tertiary/aromatic N) is 5. The van der Waals surface area contributed by atoms with E-state index in [9.17, 15) is 4.79 Å². The fraction of sp³-hybridized carbons (Fsp3) is 0.214. The predicted octanol–water partition coefficient (Wildman–Crippen LogP) is 4.05. The van der Waals surface area contributed by atoms with Crippen LogP contribution in [0.2, 0.25) is 0 Å². The van der Waals surface area contributed by atoms with E-state index >= 15 is 0 Å². The van der Waals surface area contributed by atoms with E-state index in [0.717, 1.165) is 41.4 Å². The molecular weight excluding hydrogens is 452 g/mol. The maximum atomic E-state index is 14.1. The maximum Gasteiger partial charge on any atom is 0.319 e. The lowest BCUT2D eigenvalue weighted by Crippen LogP contribution is -2.31. The van der Waals surface area contributed by atoms with Gasteiger partial charge in [-0.05, 0) is 37.9 Å². The normalized spacial score (nSPS) is 16.1. The number of aromatic nitrogens is 4. The van der Waals surface area contributed by atoms with Crippen LogP contribution in [0.3, 0.4) is 0 Å². The quantitative estimate of drug-likeness (QED) is 0.407. The molecule has 1 fully saturated rings. The lowest BCUT2D eigenvalue weighted by Gasteiger charge is -2.19. The fourth-order valence-electron chi connectivity index (χ4n) is 4.90. The number of nitrogens with two attached hydrogens (primary N) is 1. The third-order valence-electron chi connectivity index (χ3n) is 6.84. The molecule has 1 saturated heterocycles. The van der Waals surface area contributed by atoms with E-state index < -0.39 is 0 Å². The van der Waals surface area contributed by atoms with E-state index in [2.05, 4.69) is 21.9 Å². The van der Waals surface area contributed by atoms with Crippen LogP contribution in [-0.4, -0.2) is 50.7 Å². The van der Waals surface area contributed by atoms with E-state index in [1.165, 1.54) is 0 Å². The van der Waals surface area contributed by atoms with Crippen molar-refractivity contribution in [3.63, 3.8) is 0 Å². The molecule has 5 aromatic rings. The average molecular weight is 479 g/mol. The summed E-state index contributed by atoms with van der Waals surface area (Å²) >= 11 is 0. The van der Waals surface area contributed by atoms with Crippen molar-refractivity contribution in [2.75, 3.05) is 25.9 Å². The summed E-state index contributed by atoms with van der Waals surface area (Å²) in [6.07, 6.45) is 2.18. The Kier molecular flexibility index (Phi) is 5.58. The van der Waals surface area contributed by atoms with Crippen molar-refractivity contribution in [3.8, 4) is 23.1 Å². The largest absolute Gasteiger partial charge is 0.462 e. The van der Waals surface area contributed by atoms with Crippen LogP contribution in [0.15, 0.2) is 77.6 Å². The monoisotopic (exact) mass is 478 g/mol. The molecule has 1 aliphatic rings. The van der Waals surface area contributed by atoms with E-state index in [0.29, 0.717) is 12.4 Å². The van der Waals surface area contributed by atoms with E-state index in [-0.39, 0.29) is 34.5 Å². The van der Waals surface area contributed by atoms with Gasteiger partial charge in [-0.2, -0.15) is 9.97 Å². The van der Waals surface area contributed by atoms with Crippen LogP contribution in [0, 0.1) is 0 Å². The maximum absolute atomic E-state index is 14.1. The average Bonchev–Trinajstić information content (AvgIpc) is 3.32. The molecule has 2 N–H and O–H groups in total. The molecule has 3 aromatic carbocycles. The zero-order valence-electron chi connectivity index (χ0n) is 20.0. The standard InChI is InChI=1S/C28H26N6O2/c1-33-16-8-13-20(33)17-36-28-31-24-23(25(29)32-28)30-26(19-10-3-2-4-11-19)34(27(24)35)22-15-7-12-18-9-5-6-14-21(18)22/h2-7,9-12,14-15,20H,8,13,16-17H2,1H3,(H2,29,31,32)/t20-/m0/s1. The number of anilines is 1. The number of likely N-dealkylation sites (tertiary alicyclic amines) is 1. The van der Waals surface area contributed by atoms with Crippen molar-refractivity contribution in [2.24, 2.45) is 0 Å². The molecule has 0 unspecified atom stereocenters. The first-order chi connectivity index (χ1) is 17.6. The SMILES string of the molecule is CN1CCC[C@H]1COc1nc(N)c2nc(-c3ccccc3)n(-c3cccc4ccccc34)c(=O)c2n1. The zero-order chi connectivity index (χ0) is 24.6. The van der Waals surface area contributed by atoms with Gasteiger partial charge in [0.05, 0.1) is 5.69 Å². The molecule has 36 heavy (non-hydrogen) atoms. The number of ether oxygens (including phenoxy) is 1. The molecule has 3 heterocycles. The van der Waals surface area contributed by atoms with Crippen molar-refractivity contribution in [1.29, 1.82) is 0 Å². The minimum Gasteiger partial charge on any atom is -0.462 e. The third kappa shape index (κ3) is 3.85. The van der Waals surface area contributed by atoms with Gasteiger partial charge in [-0.1, -0.05) is 66.7 Å². The van der Waals surface area contributed by atoms with Crippen LogP contribution < -0.4 is 16.0 Å². The molecule has 8 heteroatoms. The van der Waals surface area contributed by atoms with Gasteiger partial charge in [0.1, 0.15) is 17.9 Å². The Morgan fingerprint density at radius 2 is 1.72 bits per heavy atom. The van der Waals surface area contributed by atoms with Crippen LogP contribution in [0.4, 0.5) is 5.82 Å². The first-order valence-corrected chi connectivity index (χ1v) is 12.1. The summed E-state index contributed by atoms with van der Waals surface area (Å²) in [5.74, 6) is 0.593. The van der Waals surface area contributed by atoms with Gasteiger partial charge >= 0.3 is 6.01 Å². The molecule has 0 amide bonds. The number of hydrogen-bond donors (Lipinski definition) is 1. The summed E-state index contributed by atoms with van der Waals surface area (Å²) in [6.45, 7) is 1.48. The zero-order valence-corrected chi connectivity index (χ0v) is 20.0. The van der Waals surface area contributed by atoms with Crippen LogP contribution in [-0.2, 0) is 0 Å². The first kappa shape index (κ1) is 22.2. The summed E-state index contributed by atoms with van der Waals surface area (Å²) in [7, 11) is 2.08. The molecule has 2 aromatic heterocycles. The van der Waals surface area contributed by atoms with Crippen molar-refractivity contribution in [2.45, 2.75) is 18.9 Å². The topological polar surface area (TPSA) is 99.2 Å². The number of nitrogen functional groups attached to an aromatic ring is 1. The van der Waals surface area contributed by atoms with Crippen LogP contribution in [0.25, 0.3) is 38.9 Å². The van der Waals surface area contributed by atoms with Gasteiger partial charge in [0.2, 0.25) is 0 Å². The molecule has 1 atom stereocenters. The summed E-state index contributed by atoms with van der Waals surface area (Å²) in [5, 5.41) is 1.95. The molecule has 0 radical (unpaired) electrons. The fourth-order valence-corrected chi connectivity index (χ4v) is 4.90. The predicted molar refractivity (Wildman–Crippen MR) is 141 cm³/mol. The van der Waals surface area contributed by atoms with Crippen LogP contribution >= 0.6 is 0 Å². The lowest BCUT2D eigenvalue weighted by atomic mass is 10.1. The second-order valence-electron chi connectivity index (χ2n) is 9.12. The highest BCUT2D eigenvalue weighted by atomic mass is 16.5. The van der Waals surface area contributed by atoms with Crippen LogP contribution in [0.5, 0.6) is 6.01 Å². The molecule has 0 aliphatic carbocycles. The summed E-state index contributed by atoms with van der Waals surface area (Å²) in [6, 6.07) is 23.8. The number of hydrogen-bond acceptors (Lipinski definition) is 7. The molecule has 0 spiro atoms. The Labute approximate surface area is 208 Å². The molecule has 0 bridgehead atoms. The molecule has 0 saturated carbocycles. The smallest absolute Gasteiger partial charge is 0.319 e. The van der Waals surface area contributed by atoms with Crippen molar-refractivity contribution in [3.05, 3.63) is 83.2 Å². The highest BCUT2D eigenvalue weighted by Crippen LogP contribution is 2.28. The van der Waals surface area contributed by atoms with E-state index in [4.69, 9.17) is 15.5 Å². The molecule has 1 aliphatic heterocycles. The Morgan fingerprint density at radius 1 is 0.944 bits per heavy atom. The lowest BCUT2D eigenvalue weighted by molar-refractivity contribution is 0.188. The summed E-state index contributed by atoms with van der Waals surface area (Å²) in [5.41, 5.74) is 7.88. The minimum atomic E-state index is -0.327. The van der Waals surface area contributed by atoms with Gasteiger partial charge in [-0.15, -0.1) is 0 Å². The van der Waals surface area contributed by atoms with Crippen LogP contribution in [0.1, 0.15) is 12.8 Å². The van der Waals surface area contributed by atoms with Crippen molar-refractivity contribution >= 4 is 27.6 Å². The number of rotatable bonds is 5. The van der Waals surface area contributed by atoms with Gasteiger partial charge in [0, 0.05) is 17.0 Å². The third-order valence-corrected chi connectivity index (χ3v) is 6.84. The highest BCUT2D eigenvalue weighted by Gasteiger charge is 2.23. The first-order valence-electron chi connectivity index (χ1n) is 12.1. The summed E-state index contributed by atoms with van der Waals surface area (Å²) < 4.78 is 7.53.